The van der Waals surface area contributed by atoms with Gasteiger partial charge in [-0.1, -0.05) is 6.42 Å². The number of carbonyl (C=O) groups is 1. The van der Waals surface area contributed by atoms with E-state index in [1.54, 1.807) is 7.11 Å². The van der Waals surface area contributed by atoms with E-state index in [2.05, 4.69) is 21.9 Å². The van der Waals surface area contributed by atoms with Crippen LogP contribution in [0.5, 0.6) is 0 Å². The summed E-state index contributed by atoms with van der Waals surface area (Å²) < 4.78 is 9.99. The van der Waals surface area contributed by atoms with Crippen LogP contribution in [0.15, 0.2) is 0 Å². The zero-order chi connectivity index (χ0) is 15.6. The molecular formula is C15H28N2O4. The molecule has 0 spiro atoms. The fourth-order valence-electron chi connectivity index (χ4n) is 3.99. The van der Waals surface area contributed by atoms with Gasteiger partial charge in [-0.15, -0.1) is 0 Å². The molecule has 1 heterocycles. The van der Waals surface area contributed by atoms with Crippen LogP contribution in [-0.4, -0.2) is 60.8 Å². The minimum Gasteiger partial charge on any atom is -0.453 e. The molecule has 2 fully saturated rings. The number of carbonyl (C=O) groups excluding carboxylic acids is 1. The number of ether oxygens (including phenoxy) is 2. The van der Waals surface area contributed by atoms with Gasteiger partial charge in [0.05, 0.1) is 19.3 Å². The van der Waals surface area contributed by atoms with Crippen LogP contribution in [-0.2, 0) is 9.47 Å². The van der Waals surface area contributed by atoms with E-state index in [1.807, 2.05) is 6.92 Å². The minimum absolute atomic E-state index is 0.299. The largest absolute Gasteiger partial charge is 0.453 e. The lowest BCUT2D eigenvalue weighted by Crippen LogP contribution is -2.59. The second-order valence-corrected chi connectivity index (χ2v) is 6.31. The van der Waals surface area contributed by atoms with Gasteiger partial charge in [-0.3, -0.25) is 4.90 Å². The third-order valence-electron chi connectivity index (χ3n) is 5.13. The van der Waals surface area contributed by atoms with Crippen LogP contribution < -0.4 is 5.32 Å². The number of rotatable bonds is 5. The summed E-state index contributed by atoms with van der Waals surface area (Å²) in [5.74, 6) is 0.672. The molecule has 6 nitrogen and oxygen atoms in total. The number of likely N-dealkylation sites (tertiary alicyclic amines) is 1. The van der Waals surface area contributed by atoms with Crippen LogP contribution in [0.25, 0.3) is 0 Å². The number of aliphatic hydroxyl groups is 1. The summed E-state index contributed by atoms with van der Waals surface area (Å²) in [5, 5.41) is 13.6. The van der Waals surface area contributed by atoms with Gasteiger partial charge in [-0.05, 0) is 39.0 Å². The zero-order valence-corrected chi connectivity index (χ0v) is 13.4. The Hall–Kier alpha value is -0.850. The first-order chi connectivity index (χ1) is 9.99. The van der Waals surface area contributed by atoms with E-state index >= 15 is 0 Å². The molecule has 0 radical (unpaired) electrons. The van der Waals surface area contributed by atoms with Crippen LogP contribution in [0.3, 0.4) is 0 Å². The van der Waals surface area contributed by atoms with Crippen LogP contribution in [0.4, 0.5) is 4.79 Å². The molecule has 0 aromatic rings. The van der Waals surface area contributed by atoms with Crippen molar-refractivity contribution in [2.45, 2.75) is 70.0 Å². The molecule has 2 aliphatic rings. The Morgan fingerprint density at radius 2 is 2.10 bits per heavy atom. The maximum atomic E-state index is 11.6. The van der Waals surface area contributed by atoms with E-state index in [9.17, 15) is 9.90 Å². The summed E-state index contributed by atoms with van der Waals surface area (Å²) in [7, 11) is 2.90. The second-order valence-electron chi connectivity index (χ2n) is 6.31. The molecule has 1 saturated carbocycles. The first-order valence-electron chi connectivity index (χ1n) is 7.82. The van der Waals surface area contributed by atoms with Crippen molar-refractivity contribution in [3.8, 4) is 0 Å². The molecule has 21 heavy (non-hydrogen) atoms. The van der Waals surface area contributed by atoms with Crippen molar-refractivity contribution in [1.29, 1.82) is 0 Å². The highest BCUT2D eigenvalue weighted by molar-refractivity contribution is 5.67. The van der Waals surface area contributed by atoms with Crippen molar-refractivity contribution in [1.82, 2.24) is 10.2 Å². The average molecular weight is 300 g/mol. The standard InChI is InChI=1S/C15H28N2O4/c1-9-8-11-6-5-7-12(11)17(9)14(18)13(10(2)20-3)16-15(19)21-4/h9-14,18H,5-8H2,1-4H3,(H,16,19)/t9-,10-,11+,12+,13+,14?/m1/s1. The molecule has 1 aliphatic carbocycles. The number of hydrogen-bond acceptors (Lipinski definition) is 5. The van der Waals surface area contributed by atoms with E-state index in [0.717, 1.165) is 12.8 Å². The fraction of sp³-hybridized carbons (Fsp3) is 0.933. The number of nitrogens with zero attached hydrogens (tertiary/aromatic N) is 1. The highest BCUT2D eigenvalue weighted by Crippen LogP contribution is 2.42. The van der Waals surface area contributed by atoms with Crippen molar-refractivity contribution in [3.63, 3.8) is 0 Å². The topological polar surface area (TPSA) is 71.0 Å². The monoisotopic (exact) mass is 300 g/mol. The number of nitrogens with one attached hydrogen (secondary N) is 1. The van der Waals surface area contributed by atoms with Crippen molar-refractivity contribution in [3.05, 3.63) is 0 Å². The number of fused-ring (bicyclic) bond motifs is 1. The van der Waals surface area contributed by atoms with Gasteiger partial charge in [-0.2, -0.15) is 0 Å². The van der Waals surface area contributed by atoms with Crippen molar-refractivity contribution < 1.29 is 19.4 Å². The van der Waals surface area contributed by atoms with E-state index in [1.165, 1.54) is 20.0 Å². The summed E-state index contributed by atoms with van der Waals surface area (Å²) in [6, 6.07) is 0.228. The van der Waals surface area contributed by atoms with E-state index in [4.69, 9.17) is 4.74 Å². The van der Waals surface area contributed by atoms with Crippen LogP contribution in [0, 0.1) is 5.92 Å². The van der Waals surface area contributed by atoms with Gasteiger partial charge in [0.2, 0.25) is 0 Å². The van der Waals surface area contributed by atoms with Gasteiger partial charge in [0.15, 0.2) is 0 Å². The summed E-state index contributed by atoms with van der Waals surface area (Å²) >= 11 is 0. The quantitative estimate of drug-likeness (QED) is 0.801. The van der Waals surface area contributed by atoms with E-state index in [-0.39, 0.29) is 6.10 Å². The summed E-state index contributed by atoms with van der Waals surface area (Å²) in [4.78, 5) is 13.7. The van der Waals surface area contributed by atoms with Crippen molar-refractivity contribution in [2.24, 2.45) is 5.92 Å². The Labute approximate surface area is 126 Å². The Balaban J connectivity index is 2.12. The molecule has 0 bridgehead atoms. The second kappa shape index (κ2) is 6.94. The van der Waals surface area contributed by atoms with Crippen LogP contribution >= 0.6 is 0 Å². The highest BCUT2D eigenvalue weighted by Gasteiger charge is 2.47. The molecule has 6 atom stereocenters. The fourth-order valence-corrected chi connectivity index (χ4v) is 3.99. The molecule has 1 amide bonds. The first kappa shape index (κ1) is 16.5. The Kier molecular flexibility index (Phi) is 5.46. The van der Waals surface area contributed by atoms with Crippen LogP contribution in [0.2, 0.25) is 0 Å². The first-order valence-corrected chi connectivity index (χ1v) is 7.82. The zero-order valence-electron chi connectivity index (χ0n) is 13.4. The van der Waals surface area contributed by atoms with Gasteiger partial charge >= 0.3 is 6.09 Å². The van der Waals surface area contributed by atoms with Crippen molar-refractivity contribution >= 4 is 6.09 Å². The number of hydrogen-bond donors (Lipinski definition) is 2. The Bertz CT molecular complexity index is 366. The maximum absolute atomic E-state index is 11.6. The third-order valence-corrected chi connectivity index (χ3v) is 5.13. The van der Waals surface area contributed by atoms with Gasteiger partial charge in [0, 0.05) is 19.2 Å². The molecule has 1 aliphatic heterocycles. The average Bonchev–Trinajstić information content (AvgIpc) is 3.02. The predicted octanol–water partition coefficient (Wildman–Crippen LogP) is 1.33. The molecule has 122 valence electrons. The number of alkyl carbamates (subject to hydrolysis) is 1. The van der Waals surface area contributed by atoms with E-state index < -0.39 is 18.4 Å². The smallest absolute Gasteiger partial charge is 0.407 e. The normalized spacial score (nSPS) is 33.3. The molecule has 2 rings (SSSR count). The summed E-state index contributed by atoms with van der Waals surface area (Å²) in [6.45, 7) is 3.99. The Morgan fingerprint density at radius 3 is 2.71 bits per heavy atom. The molecule has 0 aromatic heterocycles. The van der Waals surface area contributed by atoms with Gasteiger partial charge in [-0.25, -0.2) is 4.79 Å². The molecule has 6 heteroatoms. The summed E-state index contributed by atoms with van der Waals surface area (Å²) in [6.07, 6.45) is 3.10. The lowest BCUT2D eigenvalue weighted by molar-refractivity contribution is -0.0826. The lowest BCUT2D eigenvalue weighted by Gasteiger charge is -2.38. The van der Waals surface area contributed by atoms with Gasteiger partial charge in [0.25, 0.3) is 0 Å². The molecule has 0 aromatic carbocycles. The number of methoxy groups -OCH3 is 2. The number of aliphatic hydroxyl groups excluding tert-OH is 1. The highest BCUT2D eigenvalue weighted by atomic mass is 16.5. The molecule has 1 saturated heterocycles. The van der Waals surface area contributed by atoms with E-state index in [0.29, 0.717) is 18.0 Å². The lowest BCUT2D eigenvalue weighted by atomic mass is 10.0. The van der Waals surface area contributed by atoms with Crippen molar-refractivity contribution in [2.75, 3.05) is 14.2 Å². The van der Waals surface area contributed by atoms with Gasteiger partial charge in [0.1, 0.15) is 6.23 Å². The third kappa shape index (κ3) is 3.33. The van der Waals surface area contributed by atoms with Crippen LogP contribution in [0.1, 0.15) is 39.5 Å². The Morgan fingerprint density at radius 1 is 1.38 bits per heavy atom. The minimum atomic E-state index is -0.762. The molecule has 1 unspecified atom stereocenters. The predicted molar refractivity (Wildman–Crippen MR) is 78.9 cm³/mol. The molecular weight excluding hydrogens is 272 g/mol. The SMILES string of the molecule is COC(=O)N[C@H](C(O)N1[C@H](C)C[C@@H]2CCC[C@@H]21)[C@@H](C)OC. The molecule has 2 N–H and O–H groups in total. The summed E-state index contributed by atoms with van der Waals surface area (Å²) in [5.41, 5.74) is 0. The van der Waals surface area contributed by atoms with Gasteiger partial charge < -0.3 is 19.9 Å². The maximum Gasteiger partial charge on any atom is 0.407 e. The number of amides is 1.